The zero-order valence-corrected chi connectivity index (χ0v) is 25.1. The van der Waals surface area contributed by atoms with Crippen molar-refractivity contribution in [1.82, 2.24) is 10.2 Å². The fraction of sp³-hybridized carbons (Fsp3) is 0.267. The van der Waals surface area contributed by atoms with Gasteiger partial charge >= 0.3 is 12.2 Å². The van der Waals surface area contributed by atoms with Crippen LogP contribution in [0.2, 0.25) is 0 Å². The standard InChI is InChI=1S/C30H29N5O10S/c31-26(36)15-24-21(10-13-25(35(42)43)27(24)46-28(37)20-5-2-1-3-6-20)18-44-29(38)32-16-23-7-4-14-33(23)30(39)45-17-19-8-11-22(12-9-19)34(40)41/h1-3,5-6,8-13,23H,4,7,14-18H2,(H2,31,36)(H,32,38). The second kappa shape index (κ2) is 15.5. The van der Waals surface area contributed by atoms with Crippen molar-refractivity contribution in [1.29, 1.82) is 0 Å². The van der Waals surface area contributed by atoms with Crippen LogP contribution in [0.15, 0.2) is 71.6 Å². The molecule has 0 spiro atoms. The minimum atomic E-state index is -0.843. The van der Waals surface area contributed by atoms with E-state index in [1.807, 2.05) is 0 Å². The number of nitro benzene ring substituents is 2. The highest BCUT2D eigenvalue weighted by Crippen LogP contribution is 2.37. The average molecular weight is 652 g/mol. The molecule has 0 bridgehead atoms. The summed E-state index contributed by atoms with van der Waals surface area (Å²) in [5, 5.41) is 24.7. The number of nitrogens with one attached hydrogen (secondary N) is 1. The maximum absolute atomic E-state index is 12.9. The molecule has 0 saturated carbocycles. The molecule has 0 radical (unpaired) electrons. The lowest BCUT2D eigenvalue weighted by Gasteiger charge is -2.24. The fourth-order valence-corrected chi connectivity index (χ4v) is 5.78. The number of hydrogen-bond donors (Lipinski definition) is 2. The Morgan fingerprint density at radius 2 is 1.65 bits per heavy atom. The Morgan fingerprint density at radius 3 is 2.30 bits per heavy atom. The number of nitrogens with two attached hydrogens (primary N) is 1. The van der Waals surface area contributed by atoms with E-state index >= 15 is 0 Å². The number of non-ortho nitro benzene ring substituents is 1. The quantitative estimate of drug-likeness (QED) is 0.158. The molecule has 1 aliphatic heterocycles. The highest BCUT2D eigenvalue weighted by molar-refractivity contribution is 8.14. The first-order valence-corrected chi connectivity index (χ1v) is 14.8. The molecule has 1 heterocycles. The topological polar surface area (TPSA) is 214 Å². The average Bonchev–Trinajstić information content (AvgIpc) is 3.51. The van der Waals surface area contributed by atoms with Crippen molar-refractivity contribution < 1.29 is 38.5 Å². The summed E-state index contributed by atoms with van der Waals surface area (Å²) in [5.74, 6) is -0.804. The first kappa shape index (κ1) is 33.4. The first-order chi connectivity index (χ1) is 22.0. The van der Waals surface area contributed by atoms with Gasteiger partial charge in [-0.1, -0.05) is 30.3 Å². The SMILES string of the molecule is NC(=O)Cc1c(COC(=O)NCC2CCCN2C(=O)OCc2ccc([N+](=O)[O-])cc2)ccc([N+](=O)[O-])c1SC(=O)c1ccccc1. The second-order valence-corrected chi connectivity index (χ2v) is 11.1. The van der Waals surface area contributed by atoms with Crippen LogP contribution in [-0.4, -0.2) is 57.1 Å². The minimum Gasteiger partial charge on any atom is -0.445 e. The van der Waals surface area contributed by atoms with Crippen LogP contribution in [0.4, 0.5) is 21.0 Å². The Balaban J connectivity index is 1.37. The van der Waals surface area contributed by atoms with Gasteiger partial charge in [-0.15, -0.1) is 0 Å². The van der Waals surface area contributed by atoms with Crippen molar-refractivity contribution in [3.05, 3.63) is 109 Å². The molecule has 15 nitrogen and oxygen atoms in total. The summed E-state index contributed by atoms with van der Waals surface area (Å²) in [6.45, 7) is -0.0186. The van der Waals surface area contributed by atoms with Gasteiger partial charge in [-0.3, -0.25) is 29.8 Å². The number of amides is 3. The molecule has 1 atom stereocenters. The largest absolute Gasteiger partial charge is 0.445 e. The third kappa shape index (κ3) is 8.78. The van der Waals surface area contributed by atoms with Crippen LogP contribution >= 0.6 is 11.8 Å². The number of hydrogen-bond acceptors (Lipinski definition) is 11. The third-order valence-electron chi connectivity index (χ3n) is 7.05. The van der Waals surface area contributed by atoms with Gasteiger partial charge in [-0.25, -0.2) is 9.59 Å². The number of carbonyl (C=O) groups excluding carboxylic acids is 4. The summed E-state index contributed by atoms with van der Waals surface area (Å²) in [6.07, 6.45) is -0.619. The number of nitro groups is 2. The Morgan fingerprint density at radius 1 is 0.935 bits per heavy atom. The van der Waals surface area contributed by atoms with Gasteiger partial charge in [0, 0.05) is 36.9 Å². The molecule has 1 unspecified atom stereocenters. The normalized spacial score (nSPS) is 13.9. The molecule has 4 rings (SSSR count). The van der Waals surface area contributed by atoms with Crippen LogP contribution in [-0.2, 0) is 33.9 Å². The van der Waals surface area contributed by atoms with Crippen LogP contribution in [0.3, 0.4) is 0 Å². The van der Waals surface area contributed by atoms with Crippen molar-refractivity contribution in [2.45, 2.75) is 43.4 Å². The predicted molar refractivity (Wildman–Crippen MR) is 164 cm³/mol. The van der Waals surface area contributed by atoms with Crippen molar-refractivity contribution in [2.24, 2.45) is 5.73 Å². The molecule has 1 fully saturated rings. The molecule has 240 valence electrons. The summed E-state index contributed by atoms with van der Waals surface area (Å²) >= 11 is 0.582. The zero-order valence-electron chi connectivity index (χ0n) is 24.3. The maximum Gasteiger partial charge on any atom is 0.410 e. The Bertz CT molecular complexity index is 1630. The fourth-order valence-electron chi connectivity index (χ4n) is 4.77. The number of primary amides is 1. The van der Waals surface area contributed by atoms with E-state index in [0.29, 0.717) is 42.3 Å². The number of thioether (sulfide) groups is 1. The number of nitrogens with zero attached hydrogens (tertiary/aromatic N) is 3. The number of rotatable bonds is 12. The molecule has 3 amide bonds. The number of alkyl carbamates (subject to hydrolysis) is 1. The van der Waals surface area contributed by atoms with Crippen molar-refractivity contribution >= 4 is 46.3 Å². The number of ether oxygens (including phenoxy) is 2. The molecule has 46 heavy (non-hydrogen) atoms. The molecule has 3 N–H and O–H groups in total. The van der Waals surface area contributed by atoms with Gasteiger partial charge < -0.3 is 25.4 Å². The van der Waals surface area contributed by atoms with Gasteiger partial charge in [0.2, 0.25) is 11.0 Å². The molecule has 0 aliphatic carbocycles. The summed E-state index contributed by atoms with van der Waals surface area (Å²) in [4.78, 5) is 73.0. The van der Waals surface area contributed by atoms with Gasteiger partial charge in [0.25, 0.3) is 11.4 Å². The first-order valence-electron chi connectivity index (χ1n) is 14.0. The van der Waals surface area contributed by atoms with E-state index in [-0.39, 0.29) is 47.5 Å². The van der Waals surface area contributed by atoms with Crippen LogP contribution < -0.4 is 11.1 Å². The molecule has 1 aliphatic rings. The van der Waals surface area contributed by atoms with Gasteiger partial charge in [0.1, 0.15) is 13.2 Å². The van der Waals surface area contributed by atoms with E-state index in [2.05, 4.69) is 5.32 Å². The third-order valence-corrected chi connectivity index (χ3v) is 8.13. The minimum absolute atomic E-state index is 0.0482. The highest BCUT2D eigenvalue weighted by atomic mass is 32.2. The van der Waals surface area contributed by atoms with Crippen LogP contribution in [0, 0.1) is 20.2 Å². The van der Waals surface area contributed by atoms with Gasteiger partial charge in [0.05, 0.1) is 27.2 Å². The molecular weight excluding hydrogens is 622 g/mol. The number of likely N-dealkylation sites (tertiary alicyclic amines) is 1. The number of benzene rings is 3. The number of carbonyl (C=O) groups is 4. The lowest BCUT2D eigenvalue weighted by atomic mass is 10.0. The predicted octanol–water partition coefficient (Wildman–Crippen LogP) is 4.49. The van der Waals surface area contributed by atoms with Gasteiger partial charge in [-0.05, 0) is 59.5 Å². The van der Waals surface area contributed by atoms with Crippen molar-refractivity contribution in [2.75, 3.05) is 13.1 Å². The zero-order chi connectivity index (χ0) is 33.2. The van der Waals surface area contributed by atoms with E-state index in [4.69, 9.17) is 15.2 Å². The monoisotopic (exact) mass is 651 g/mol. The summed E-state index contributed by atoms with van der Waals surface area (Å²) in [7, 11) is 0. The molecule has 0 aromatic heterocycles. The lowest BCUT2D eigenvalue weighted by molar-refractivity contribution is -0.387. The Labute approximate surface area is 266 Å². The molecule has 3 aromatic carbocycles. The van der Waals surface area contributed by atoms with Crippen molar-refractivity contribution in [3.63, 3.8) is 0 Å². The van der Waals surface area contributed by atoms with Gasteiger partial charge in [0.15, 0.2) is 0 Å². The Hall–Kier alpha value is -5.51. The van der Waals surface area contributed by atoms with Crippen molar-refractivity contribution in [3.8, 4) is 0 Å². The highest BCUT2D eigenvalue weighted by Gasteiger charge is 2.31. The summed E-state index contributed by atoms with van der Waals surface area (Å²) < 4.78 is 10.7. The molecule has 1 saturated heterocycles. The van der Waals surface area contributed by atoms with E-state index < -0.39 is 45.2 Å². The summed E-state index contributed by atoms with van der Waals surface area (Å²) in [6, 6.07) is 15.8. The van der Waals surface area contributed by atoms with E-state index in [1.54, 1.807) is 30.3 Å². The van der Waals surface area contributed by atoms with E-state index in [9.17, 15) is 39.4 Å². The van der Waals surface area contributed by atoms with Crippen LogP contribution in [0.1, 0.15) is 39.9 Å². The van der Waals surface area contributed by atoms with Gasteiger partial charge in [-0.2, -0.15) is 0 Å². The van der Waals surface area contributed by atoms with E-state index in [0.717, 1.165) is 0 Å². The molecular formula is C30H29N5O10S. The lowest BCUT2D eigenvalue weighted by Crippen LogP contribution is -2.43. The molecule has 3 aromatic rings. The molecule has 16 heteroatoms. The second-order valence-electron chi connectivity index (χ2n) is 10.1. The van der Waals surface area contributed by atoms with Crippen LogP contribution in [0.25, 0.3) is 0 Å². The Kier molecular flexibility index (Phi) is 11.2. The van der Waals surface area contributed by atoms with Crippen LogP contribution in [0.5, 0.6) is 0 Å². The smallest absolute Gasteiger partial charge is 0.410 e. The van der Waals surface area contributed by atoms with E-state index in [1.165, 1.54) is 41.3 Å². The summed E-state index contributed by atoms with van der Waals surface area (Å²) in [5.41, 5.74) is 6.16. The maximum atomic E-state index is 12.9.